The van der Waals surface area contributed by atoms with E-state index in [4.69, 9.17) is 36.0 Å². The van der Waals surface area contributed by atoms with E-state index < -0.39 is 41.9 Å². The second-order valence-corrected chi connectivity index (χ2v) is 16.1. The normalized spacial score (nSPS) is 20.9. The highest BCUT2D eigenvalue weighted by molar-refractivity contribution is 5.93. The summed E-state index contributed by atoms with van der Waals surface area (Å²) in [6.07, 6.45) is 7.77. The summed E-state index contributed by atoms with van der Waals surface area (Å²) in [6.45, 7) is 2.56. The smallest absolute Gasteiger partial charge is 0.308 e. The van der Waals surface area contributed by atoms with Crippen LogP contribution in [0.25, 0.3) is 0 Å². The van der Waals surface area contributed by atoms with E-state index in [9.17, 15) is 24.3 Å². The number of rotatable bonds is 18. The van der Waals surface area contributed by atoms with Crippen molar-refractivity contribution in [3.8, 4) is 5.75 Å². The third-order valence-corrected chi connectivity index (χ3v) is 10.9. The van der Waals surface area contributed by atoms with Crippen LogP contribution in [0.2, 0.25) is 0 Å². The molecule has 0 saturated heterocycles. The van der Waals surface area contributed by atoms with Gasteiger partial charge in [-0.3, -0.25) is 33.8 Å². The monoisotopic (exact) mass is 837 g/mol. The molecule has 0 radical (unpaired) electrons. The van der Waals surface area contributed by atoms with E-state index in [2.05, 4.69) is 20.9 Å². The fourth-order valence-corrected chi connectivity index (χ4v) is 8.64. The number of nitrogens with zero attached hydrogens (tertiary/aromatic N) is 2. The molecule has 0 aliphatic heterocycles. The van der Waals surface area contributed by atoms with Gasteiger partial charge in [0.25, 0.3) is 11.9 Å². The first-order chi connectivity index (χ1) is 28.4. The van der Waals surface area contributed by atoms with E-state index in [0.29, 0.717) is 30.6 Å². The van der Waals surface area contributed by atoms with Crippen LogP contribution in [-0.4, -0.2) is 113 Å². The van der Waals surface area contributed by atoms with E-state index in [1.165, 1.54) is 24.2 Å². The van der Waals surface area contributed by atoms with Crippen LogP contribution in [0.5, 0.6) is 5.75 Å². The van der Waals surface area contributed by atoms with Gasteiger partial charge in [0.05, 0.1) is 12.5 Å². The molecule has 0 unspecified atom stereocenters. The number of carbonyl (C=O) groups excluding carboxylic acids is 4. The van der Waals surface area contributed by atoms with Crippen LogP contribution in [0.3, 0.4) is 0 Å². The summed E-state index contributed by atoms with van der Waals surface area (Å²) >= 11 is 0. The van der Waals surface area contributed by atoms with Gasteiger partial charge in [0.2, 0.25) is 17.7 Å². The number of guanidine groups is 1. The van der Waals surface area contributed by atoms with E-state index in [1.54, 1.807) is 38.4 Å². The lowest BCUT2D eigenvalue weighted by atomic mass is 9.54. The zero-order valence-electron chi connectivity index (χ0n) is 35.1. The van der Waals surface area contributed by atoms with Gasteiger partial charge >= 0.3 is 5.97 Å². The van der Waals surface area contributed by atoms with Gasteiger partial charge in [0, 0.05) is 40.4 Å². The molecule has 17 heteroatoms. The third kappa shape index (κ3) is 16.9. The number of hydrogen-bond donors (Lipinski definition) is 8. The summed E-state index contributed by atoms with van der Waals surface area (Å²) in [4.78, 5) is 78.1. The number of phenols is 1. The quantitative estimate of drug-likeness (QED) is 0.0464. The number of amides is 3. The standard InChI is InChI=1S/C39H55N7O6.2C2H4O2/c1-42-32(20-26-10-12-30(47)13-11-26)36(50)44-31(9-6-15-43-38(40)41)35(49)45-33(21-25-7-4-3-5-8-25)37(51)46(2)16-14-34(48)52-39-22-27-17-28(23-39)19-29(18-27)24-39;2*1-2(3)4/h3-5,7-8,10-13,27-29,31-33,42,47H,6,9,14-24H2,1-2H3,(H,44,50)(H,45,49)(H4,40,41,43);2*1H3,(H,3,4)/t27?,28?,29?,31-,32+,33+,39?;;/m1../s1. The van der Waals surface area contributed by atoms with Gasteiger partial charge in [-0.2, -0.15) is 0 Å². The Bertz CT molecular complexity index is 1710. The molecular weight excluding hydrogens is 775 g/mol. The molecular formula is C43H63N7O10. The van der Waals surface area contributed by atoms with Crippen molar-refractivity contribution in [3.63, 3.8) is 0 Å². The number of carbonyl (C=O) groups is 6. The number of nitrogens with two attached hydrogens (primary N) is 2. The number of benzene rings is 2. The molecule has 6 rings (SSSR count). The van der Waals surface area contributed by atoms with Gasteiger partial charge < -0.3 is 52.4 Å². The number of hydrogen-bond acceptors (Lipinski definition) is 10. The van der Waals surface area contributed by atoms with Gasteiger partial charge in [-0.1, -0.05) is 42.5 Å². The number of aromatic hydroxyl groups is 1. The van der Waals surface area contributed by atoms with Gasteiger partial charge in [0.15, 0.2) is 5.96 Å². The zero-order chi connectivity index (χ0) is 44.4. The number of carboxylic acids is 2. The minimum absolute atomic E-state index is 0.0614. The van der Waals surface area contributed by atoms with Crippen LogP contribution < -0.4 is 27.4 Å². The lowest BCUT2D eigenvalue weighted by Gasteiger charge is -2.55. The zero-order valence-corrected chi connectivity index (χ0v) is 35.1. The number of esters is 1. The Morgan fingerprint density at radius 3 is 1.80 bits per heavy atom. The Kier molecular flexibility index (Phi) is 19.3. The fraction of sp³-hybridized carbons (Fsp3) is 0.558. The maximum Gasteiger partial charge on any atom is 0.308 e. The molecule has 330 valence electrons. The molecule has 3 amide bonds. The van der Waals surface area contributed by atoms with Crippen molar-refractivity contribution in [2.45, 2.75) is 108 Å². The van der Waals surface area contributed by atoms with Crippen LogP contribution in [0.4, 0.5) is 0 Å². The largest absolute Gasteiger partial charge is 0.508 e. The highest BCUT2D eigenvalue weighted by Crippen LogP contribution is 2.57. The number of carboxylic acid groups (broad SMARTS) is 2. The average Bonchev–Trinajstić information content (AvgIpc) is 3.16. The first-order valence-corrected chi connectivity index (χ1v) is 20.4. The first kappa shape index (κ1) is 48.7. The Morgan fingerprint density at radius 1 is 0.800 bits per heavy atom. The molecule has 60 heavy (non-hydrogen) atoms. The van der Waals surface area contributed by atoms with Crippen LogP contribution >= 0.6 is 0 Å². The number of likely N-dealkylation sites (N-methyl/N-ethyl adjacent to an activating group) is 2. The van der Waals surface area contributed by atoms with Crippen molar-refractivity contribution in [1.82, 2.24) is 20.9 Å². The number of ether oxygens (including phenoxy) is 1. The minimum atomic E-state index is -0.996. The highest BCUT2D eigenvalue weighted by atomic mass is 16.6. The number of aliphatic carboxylic acids is 2. The van der Waals surface area contributed by atoms with Crippen molar-refractivity contribution in [2.24, 2.45) is 34.2 Å². The van der Waals surface area contributed by atoms with E-state index in [1.807, 2.05) is 30.3 Å². The molecule has 4 saturated carbocycles. The maximum atomic E-state index is 14.0. The van der Waals surface area contributed by atoms with Crippen molar-refractivity contribution in [3.05, 3.63) is 65.7 Å². The summed E-state index contributed by atoms with van der Waals surface area (Å²) in [5.41, 5.74) is 12.3. The summed E-state index contributed by atoms with van der Waals surface area (Å²) < 4.78 is 6.17. The van der Waals surface area contributed by atoms with Crippen LogP contribution in [0.15, 0.2) is 59.6 Å². The van der Waals surface area contributed by atoms with Crippen molar-refractivity contribution in [1.29, 1.82) is 0 Å². The third-order valence-electron chi connectivity index (χ3n) is 10.9. The van der Waals surface area contributed by atoms with Crippen LogP contribution in [0.1, 0.15) is 82.8 Å². The molecule has 0 spiro atoms. The van der Waals surface area contributed by atoms with Crippen molar-refractivity contribution in [2.75, 3.05) is 27.2 Å². The van der Waals surface area contributed by atoms with E-state index >= 15 is 0 Å². The summed E-state index contributed by atoms with van der Waals surface area (Å²) in [7, 11) is 3.28. The molecule has 2 aromatic rings. The van der Waals surface area contributed by atoms with Crippen molar-refractivity contribution >= 4 is 41.6 Å². The average molecular weight is 838 g/mol. The minimum Gasteiger partial charge on any atom is -0.508 e. The number of phenolic OH excluding ortho intramolecular Hbond substituents is 1. The van der Waals surface area contributed by atoms with Gasteiger partial charge in [0.1, 0.15) is 23.4 Å². The van der Waals surface area contributed by atoms with Crippen LogP contribution in [0, 0.1) is 17.8 Å². The molecule has 4 aliphatic rings. The number of nitrogens with one attached hydrogen (secondary N) is 3. The Balaban J connectivity index is 0.00000110. The lowest BCUT2D eigenvalue weighted by Crippen LogP contribution is -2.57. The fourth-order valence-electron chi connectivity index (χ4n) is 8.64. The van der Waals surface area contributed by atoms with Gasteiger partial charge in [-0.05, 0) is 106 Å². The summed E-state index contributed by atoms with van der Waals surface area (Å²) in [5.74, 6) is -1.26. The Morgan fingerprint density at radius 2 is 1.28 bits per heavy atom. The molecule has 17 nitrogen and oxygen atoms in total. The summed E-state index contributed by atoms with van der Waals surface area (Å²) in [5, 5.41) is 33.3. The Labute approximate surface area is 351 Å². The van der Waals surface area contributed by atoms with Crippen LogP contribution in [-0.2, 0) is 46.3 Å². The molecule has 0 heterocycles. The highest BCUT2D eigenvalue weighted by Gasteiger charge is 2.53. The number of aliphatic imine (C=N–C) groups is 1. The maximum absolute atomic E-state index is 14.0. The second kappa shape index (κ2) is 23.8. The van der Waals surface area contributed by atoms with E-state index in [0.717, 1.165) is 44.2 Å². The molecule has 4 bridgehead atoms. The second-order valence-electron chi connectivity index (χ2n) is 16.1. The molecule has 0 aromatic heterocycles. The first-order valence-electron chi connectivity index (χ1n) is 20.4. The summed E-state index contributed by atoms with van der Waals surface area (Å²) in [6, 6.07) is 13.3. The predicted octanol–water partition coefficient (Wildman–Crippen LogP) is 2.33. The lowest BCUT2D eigenvalue weighted by molar-refractivity contribution is -0.186. The van der Waals surface area contributed by atoms with E-state index in [-0.39, 0.29) is 61.5 Å². The molecule has 2 aromatic carbocycles. The Hall–Kier alpha value is -5.71. The van der Waals surface area contributed by atoms with Crippen molar-refractivity contribution < 1.29 is 48.8 Å². The SMILES string of the molecule is CC(=O)O.CC(=O)O.CN[C@@H](Cc1ccc(O)cc1)C(=O)N[C@H](CCCN=C(N)N)C(=O)N[C@@H](Cc1ccccc1)C(=O)N(C)CCC(=O)OC12CC3CC(CC(C3)C1)C2. The predicted molar refractivity (Wildman–Crippen MR) is 224 cm³/mol. The molecule has 4 aliphatic carbocycles. The topological polar surface area (TPSA) is 276 Å². The van der Waals surface area contributed by atoms with Gasteiger partial charge in [-0.25, -0.2) is 0 Å². The molecule has 3 atom stereocenters. The molecule has 10 N–H and O–H groups in total. The molecule has 4 fully saturated rings. The van der Waals surface area contributed by atoms with Gasteiger partial charge in [-0.15, -0.1) is 0 Å².